The first kappa shape index (κ1) is 17.9. The number of amides is 1. The number of nitro benzene ring substituents is 1. The van der Waals surface area contributed by atoms with Crippen molar-refractivity contribution in [1.29, 1.82) is 0 Å². The van der Waals surface area contributed by atoms with E-state index in [1.165, 1.54) is 25.1 Å². The number of nitro groups is 1. The minimum Gasteiger partial charge on any atom is -0.449 e. The molecule has 1 amide bonds. The van der Waals surface area contributed by atoms with Crippen LogP contribution in [0.5, 0.6) is 0 Å². The number of nitrogens with zero attached hydrogens (tertiary/aromatic N) is 2. The van der Waals surface area contributed by atoms with Gasteiger partial charge in [-0.15, -0.1) is 0 Å². The van der Waals surface area contributed by atoms with Crippen molar-refractivity contribution < 1.29 is 19.2 Å². The normalized spacial score (nSPS) is 21.9. The second-order valence-electron chi connectivity index (χ2n) is 6.23. The first-order valence-electron chi connectivity index (χ1n) is 8.09. The molecule has 7 nitrogen and oxygen atoms in total. The number of benzene rings is 1. The molecule has 0 radical (unpaired) electrons. The number of non-ortho nitro benzene ring substituents is 1. The molecule has 1 aliphatic heterocycles. The third-order valence-electron chi connectivity index (χ3n) is 4.37. The Balaban J connectivity index is 2.06. The smallest absolute Gasteiger partial charge is 0.339 e. The lowest BCUT2D eigenvalue weighted by molar-refractivity contribution is -0.384. The van der Waals surface area contributed by atoms with Crippen LogP contribution in [-0.2, 0) is 9.53 Å². The summed E-state index contributed by atoms with van der Waals surface area (Å²) in [6, 6.07) is 5.50. The van der Waals surface area contributed by atoms with E-state index in [0.717, 1.165) is 25.3 Å². The Hall–Kier alpha value is -2.44. The molecule has 0 spiro atoms. The van der Waals surface area contributed by atoms with E-state index >= 15 is 0 Å². The van der Waals surface area contributed by atoms with Gasteiger partial charge in [0.25, 0.3) is 11.6 Å². The van der Waals surface area contributed by atoms with Crippen LogP contribution < -0.4 is 0 Å². The molecular formula is C17H22N2O5. The summed E-state index contributed by atoms with van der Waals surface area (Å²) < 4.78 is 5.23. The van der Waals surface area contributed by atoms with Gasteiger partial charge in [-0.3, -0.25) is 14.9 Å². The molecule has 1 aliphatic rings. The minimum absolute atomic E-state index is 0.0589. The third-order valence-corrected chi connectivity index (χ3v) is 4.37. The molecule has 0 unspecified atom stereocenters. The molecule has 0 N–H and O–H groups in total. The van der Waals surface area contributed by atoms with E-state index in [1.54, 1.807) is 4.90 Å². The number of carbonyl (C=O) groups is 2. The van der Waals surface area contributed by atoms with Gasteiger partial charge in [-0.25, -0.2) is 4.79 Å². The predicted molar refractivity (Wildman–Crippen MR) is 87.6 cm³/mol. The number of piperidine rings is 1. The Bertz CT molecular complexity index is 636. The maximum Gasteiger partial charge on any atom is 0.339 e. The van der Waals surface area contributed by atoms with Crippen LogP contribution in [0.2, 0.25) is 0 Å². The lowest BCUT2D eigenvalue weighted by atomic mass is 9.97. The second-order valence-corrected chi connectivity index (χ2v) is 6.23. The SMILES string of the molecule is C[C@@H](OC(=O)c1cccc([N+](=O)[O-])c1)C(=O)N1[C@@H](C)CCC[C@@H]1C. The van der Waals surface area contributed by atoms with Gasteiger partial charge >= 0.3 is 5.97 Å². The van der Waals surface area contributed by atoms with Crippen molar-refractivity contribution in [3.05, 3.63) is 39.9 Å². The van der Waals surface area contributed by atoms with Gasteiger partial charge in [-0.2, -0.15) is 0 Å². The fourth-order valence-electron chi connectivity index (χ4n) is 3.09. The van der Waals surface area contributed by atoms with Crippen molar-refractivity contribution in [3.8, 4) is 0 Å². The fraction of sp³-hybridized carbons (Fsp3) is 0.529. The molecular weight excluding hydrogens is 312 g/mol. The van der Waals surface area contributed by atoms with Gasteiger partial charge in [-0.1, -0.05) is 6.07 Å². The van der Waals surface area contributed by atoms with Gasteiger partial charge in [0.2, 0.25) is 0 Å². The maximum absolute atomic E-state index is 12.6. The van der Waals surface area contributed by atoms with Crippen molar-refractivity contribution in [1.82, 2.24) is 4.90 Å². The summed E-state index contributed by atoms with van der Waals surface area (Å²) in [7, 11) is 0. The van der Waals surface area contributed by atoms with Crippen molar-refractivity contribution in [2.24, 2.45) is 0 Å². The maximum atomic E-state index is 12.6. The highest BCUT2D eigenvalue weighted by Gasteiger charge is 2.33. The van der Waals surface area contributed by atoms with E-state index in [1.807, 2.05) is 13.8 Å². The third kappa shape index (κ3) is 3.90. The van der Waals surface area contributed by atoms with Crippen LogP contribution in [0.4, 0.5) is 5.69 Å². The molecule has 1 heterocycles. The molecule has 7 heteroatoms. The van der Waals surface area contributed by atoms with Crippen LogP contribution in [0.1, 0.15) is 50.4 Å². The van der Waals surface area contributed by atoms with Gasteiger partial charge in [0.1, 0.15) is 0 Å². The van der Waals surface area contributed by atoms with Crippen molar-refractivity contribution in [3.63, 3.8) is 0 Å². The highest BCUT2D eigenvalue weighted by Crippen LogP contribution is 2.24. The topological polar surface area (TPSA) is 89.7 Å². The molecule has 0 saturated carbocycles. The standard InChI is InChI=1S/C17H22N2O5/c1-11-6-4-7-12(2)18(11)16(20)13(3)24-17(21)14-8-5-9-15(10-14)19(22)23/h5,8-13H,4,6-7H2,1-3H3/t11-,12-,13+/m0/s1. The number of likely N-dealkylation sites (tertiary alicyclic amines) is 1. The summed E-state index contributed by atoms with van der Waals surface area (Å²) in [5.41, 5.74) is -0.134. The number of hydrogen-bond acceptors (Lipinski definition) is 5. The van der Waals surface area contributed by atoms with Crippen LogP contribution in [0.15, 0.2) is 24.3 Å². The van der Waals surface area contributed by atoms with Crippen LogP contribution in [0, 0.1) is 10.1 Å². The fourth-order valence-corrected chi connectivity index (χ4v) is 3.09. The molecule has 0 aliphatic carbocycles. The predicted octanol–water partition coefficient (Wildman–Crippen LogP) is 2.93. The quantitative estimate of drug-likeness (QED) is 0.480. The zero-order valence-electron chi connectivity index (χ0n) is 14.1. The Morgan fingerprint density at radius 3 is 2.50 bits per heavy atom. The van der Waals surface area contributed by atoms with Crippen LogP contribution >= 0.6 is 0 Å². The van der Waals surface area contributed by atoms with Gasteiger partial charge in [0, 0.05) is 24.2 Å². The summed E-state index contributed by atoms with van der Waals surface area (Å²) in [5.74, 6) is -0.967. The number of hydrogen-bond donors (Lipinski definition) is 0. The zero-order chi connectivity index (χ0) is 17.9. The van der Waals surface area contributed by atoms with Crippen molar-refractivity contribution in [2.75, 3.05) is 0 Å². The highest BCUT2D eigenvalue weighted by molar-refractivity contribution is 5.92. The van der Waals surface area contributed by atoms with E-state index in [9.17, 15) is 19.7 Å². The Kier molecular flexibility index (Phi) is 5.54. The van der Waals surface area contributed by atoms with E-state index in [-0.39, 0.29) is 29.2 Å². The number of ether oxygens (including phenoxy) is 1. The Morgan fingerprint density at radius 2 is 1.92 bits per heavy atom. The molecule has 1 aromatic carbocycles. The first-order chi connectivity index (χ1) is 11.3. The second kappa shape index (κ2) is 7.42. The van der Waals surface area contributed by atoms with Crippen LogP contribution in [0.3, 0.4) is 0 Å². The van der Waals surface area contributed by atoms with E-state index in [0.29, 0.717) is 0 Å². The Morgan fingerprint density at radius 1 is 1.29 bits per heavy atom. The number of esters is 1. The first-order valence-corrected chi connectivity index (χ1v) is 8.09. The van der Waals surface area contributed by atoms with Crippen molar-refractivity contribution >= 4 is 17.6 Å². The van der Waals surface area contributed by atoms with E-state index in [2.05, 4.69) is 0 Å². The molecule has 0 bridgehead atoms. The summed E-state index contributed by atoms with van der Waals surface area (Å²) in [6.07, 6.45) is 2.01. The van der Waals surface area contributed by atoms with Gasteiger partial charge < -0.3 is 9.64 Å². The van der Waals surface area contributed by atoms with E-state index < -0.39 is 17.0 Å². The molecule has 1 aromatic rings. The summed E-state index contributed by atoms with van der Waals surface area (Å²) in [4.78, 5) is 36.7. The molecule has 2 rings (SSSR count). The Labute approximate surface area is 140 Å². The van der Waals surface area contributed by atoms with Crippen molar-refractivity contribution in [2.45, 2.75) is 58.2 Å². The zero-order valence-corrected chi connectivity index (χ0v) is 14.1. The lowest BCUT2D eigenvalue weighted by Gasteiger charge is -2.40. The highest BCUT2D eigenvalue weighted by atomic mass is 16.6. The van der Waals surface area contributed by atoms with Gasteiger partial charge in [0.15, 0.2) is 6.10 Å². The lowest BCUT2D eigenvalue weighted by Crippen LogP contribution is -2.51. The molecule has 130 valence electrons. The summed E-state index contributed by atoms with van der Waals surface area (Å²) in [5, 5.41) is 10.8. The summed E-state index contributed by atoms with van der Waals surface area (Å²) >= 11 is 0. The molecule has 0 aromatic heterocycles. The molecule has 3 atom stereocenters. The molecule has 1 fully saturated rings. The van der Waals surface area contributed by atoms with Crippen LogP contribution in [-0.4, -0.2) is 39.9 Å². The number of carbonyl (C=O) groups excluding carboxylic acids is 2. The number of rotatable bonds is 4. The van der Waals surface area contributed by atoms with Gasteiger partial charge in [-0.05, 0) is 46.1 Å². The molecule has 1 saturated heterocycles. The van der Waals surface area contributed by atoms with Crippen LogP contribution in [0.25, 0.3) is 0 Å². The molecule has 24 heavy (non-hydrogen) atoms. The largest absolute Gasteiger partial charge is 0.449 e. The summed E-state index contributed by atoms with van der Waals surface area (Å²) in [6.45, 7) is 5.51. The average Bonchev–Trinajstić information content (AvgIpc) is 2.54. The minimum atomic E-state index is -0.931. The average molecular weight is 334 g/mol. The monoisotopic (exact) mass is 334 g/mol. The van der Waals surface area contributed by atoms with E-state index in [4.69, 9.17) is 4.74 Å². The van der Waals surface area contributed by atoms with Gasteiger partial charge in [0.05, 0.1) is 10.5 Å².